The average Bonchev–Trinajstić information content (AvgIpc) is 3.87. The molecule has 5 aromatic heterocycles. The highest BCUT2D eigenvalue weighted by Crippen LogP contribution is 2.42. The molecular formula is C42H25N5S. The van der Waals surface area contributed by atoms with Crippen LogP contribution in [0.1, 0.15) is 0 Å². The van der Waals surface area contributed by atoms with E-state index < -0.39 is 0 Å². The molecule has 0 fully saturated rings. The fraction of sp³-hybridized carbons (Fsp3) is 0. The van der Waals surface area contributed by atoms with Crippen molar-refractivity contribution < 1.29 is 0 Å². The summed E-state index contributed by atoms with van der Waals surface area (Å²) < 4.78 is 8.24. The number of aromatic nitrogens is 5. The number of hydrogen-bond donors (Lipinski definition) is 0. The van der Waals surface area contributed by atoms with Gasteiger partial charge in [0.15, 0.2) is 0 Å². The Labute approximate surface area is 278 Å². The summed E-state index contributed by atoms with van der Waals surface area (Å²) in [5.41, 5.74) is 7.89. The molecule has 0 saturated carbocycles. The maximum atomic E-state index is 5.24. The normalized spacial score (nSPS) is 12.2. The van der Waals surface area contributed by atoms with Crippen LogP contribution in [0.25, 0.3) is 92.3 Å². The number of rotatable bonds is 3. The summed E-state index contributed by atoms with van der Waals surface area (Å²) in [5, 5.41) is 8.34. The Bertz CT molecular complexity index is 3010. The van der Waals surface area contributed by atoms with E-state index in [0.29, 0.717) is 5.95 Å². The molecule has 0 aliphatic heterocycles. The molecule has 0 atom stereocenters. The maximum absolute atomic E-state index is 5.24. The largest absolute Gasteiger partial charge is 0.309 e. The Morgan fingerprint density at radius 3 is 1.79 bits per heavy atom. The second kappa shape index (κ2) is 9.64. The molecule has 6 aromatic carbocycles. The zero-order valence-electron chi connectivity index (χ0n) is 25.6. The van der Waals surface area contributed by atoms with E-state index in [-0.39, 0.29) is 0 Å². The minimum atomic E-state index is 0.669. The number of hydrogen-bond acceptors (Lipinski definition) is 3. The molecule has 0 spiro atoms. The van der Waals surface area contributed by atoms with Gasteiger partial charge in [0.25, 0.3) is 0 Å². The third kappa shape index (κ3) is 3.44. The summed E-state index contributed by atoms with van der Waals surface area (Å²) in [4.78, 5) is 11.3. The first-order valence-corrected chi connectivity index (χ1v) is 16.9. The molecule has 0 unspecified atom stereocenters. The number of nitrogens with zero attached hydrogens (tertiary/aromatic N) is 5. The van der Waals surface area contributed by atoms with Crippen LogP contribution in [0.4, 0.5) is 0 Å². The lowest BCUT2D eigenvalue weighted by Gasteiger charge is -2.12. The predicted octanol–water partition coefficient (Wildman–Crippen LogP) is 11.0. The molecule has 0 saturated heterocycles. The molecule has 224 valence electrons. The first kappa shape index (κ1) is 25.9. The summed E-state index contributed by atoms with van der Waals surface area (Å²) in [7, 11) is 0. The van der Waals surface area contributed by atoms with Crippen molar-refractivity contribution >= 4 is 86.3 Å². The highest BCUT2D eigenvalue weighted by Gasteiger charge is 2.24. The van der Waals surface area contributed by atoms with Crippen molar-refractivity contribution in [2.75, 3.05) is 0 Å². The van der Waals surface area contributed by atoms with Crippen molar-refractivity contribution in [2.24, 2.45) is 0 Å². The minimum Gasteiger partial charge on any atom is -0.309 e. The number of benzene rings is 6. The SMILES string of the molecule is c1ccc(-n2c3ccc(-n4c5ccccc5c5ccccc54)cc3c3c4ccccc4n(-c4ncc5c(n4)sc4ccccc45)c32)cc1. The van der Waals surface area contributed by atoms with Crippen LogP contribution in [-0.2, 0) is 0 Å². The molecule has 0 bridgehead atoms. The zero-order valence-corrected chi connectivity index (χ0v) is 26.4. The summed E-state index contributed by atoms with van der Waals surface area (Å²) in [6, 6.07) is 52.0. The smallest absolute Gasteiger partial charge is 0.237 e. The van der Waals surface area contributed by atoms with Crippen LogP contribution < -0.4 is 0 Å². The number of thiophene rings is 1. The van der Waals surface area contributed by atoms with Gasteiger partial charge >= 0.3 is 0 Å². The Kier molecular flexibility index (Phi) is 5.20. The molecule has 0 N–H and O–H groups in total. The van der Waals surface area contributed by atoms with E-state index in [1.165, 1.54) is 48.1 Å². The van der Waals surface area contributed by atoms with Gasteiger partial charge in [-0.15, -0.1) is 11.3 Å². The fourth-order valence-electron chi connectivity index (χ4n) is 7.73. The summed E-state index contributed by atoms with van der Waals surface area (Å²) in [5.74, 6) is 0.669. The van der Waals surface area contributed by atoms with Gasteiger partial charge in [0.1, 0.15) is 10.5 Å². The lowest BCUT2D eigenvalue weighted by atomic mass is 10.1. The van der Waals surface area contributed by atoms with Gasteiger partial charge in [-0.1, -0.05) is 91.0 Å². The summed E-state index contributed by atoms with van der Waals surface area (Å²) in [6.07, 6.45) is 1.99. The molecule has 0 aliphatic rings. The van der Waals surface area contributed by atoms with Crippen LogP contribution in [0.15, 0.2) is 152 Å². The second-order valence-electron chi connectivity index (χ2n) is 12.3. The molecular weight excluding hydrogens is 607 g/mol. The van der Waals surface area contributed by atoms with Crippen molar-refractivity contribution in [3.05, 3.63) is 152 Å². The zero-order chi connectivity index (χ0) is 31.3. The van der Waals surface area contributed by atoms with Crippen LogP contribution in [0.5, 0.6) is 0 Å². The molecule has 5 nitrogen and oxygen atoms in total. The lowest BCUT2D eigenvalue weighted by molar-refractivity contribution is 0.977. The Balaban J connectivity index is 1.28. The van der Waals surface area contributed by atoms with E-state index in [4.69, 9.17) is 9.97 Å². The molecule has 0 radical (unpaired) electrons. The van der Waals surface area contributed by atoms with Crippen molar-refractivity contribution in [3.63, 3.8) is 0 Å². The number of fused-ring (bicyclic) bond motifs is 11. The van der Waals surface area contributed by atoms with E-state index >= 15 is 0 Å². The minimum absolute atomic E-state index is 0.669. The van der Waals surface area contributed by atoms with Crippen molar-refractivity contribution in [3.8, 4) is 17.3 Å². The van der Waals surface area contributed by atoms with Crippen LogP contribution in [0.2, 0.25) is 0 Å². The first-order chi connectivity index (χ1) is 23.8. The molecule has 48 heavy (non-hydrogen) atoms. The topological polar surface area (TPSA) is 40.6 Å². The van der Waals surface area contributed by atoms with Gasteiger partial charge in [-0.2, -0.15) is 0 Å². The molecule has 11 aromatic rings. The van der Waals surface area contributed by atoms with Crippen LogP contribution in [-0.4, -0.2) is 23.7 Å². The summed E-state index contributed by atoms with van der Waals surface area (Å²) in [6.45, 7) is 0. The van der Waals surface area contributed by atoms with Crippen molar-refractivity contribution in [1.82, 2.24) is 23.7 Å². The highest BCUT2D eigenvalue weighted by molar-refractivity contribution is 7.25. The number of para-hydroxylation sites is 4. The van der Waals surface area contributed by atoms with E-state index in [0.717, 1.165) is 38.3 Å². The molecule has 6 heteroatoms. The van der Waals surface area contributed by atoms with Gasteiger partial charge in [-0.05, 0) is 54.6 Å². The van der Waals surface area contributed by atoms with Gasteiger partial charge < -0.3 is 4.57 Å². The van der Waals surface area contributed by atoms with Crippen molar-refractivity contribution in [1.29, 1.82) is 0 Å². The van der Waals surface area contributed by atoms with Crippen LogP contribution in [0, 0.1) is 0 Å². The van der Waals surface area contributed by atoms with Crippen molar-refractivity contribution in [2.45, 2.75) is 0 Å². The standard InChI is InChI=1S/C42H25N5S/c1-2-12-26(13-3-1)46-37-23-22-27(45-34-18-8-4-14-28(34)29-15-5-9-19-35(29)45)24-32(37)39-31-17-6-10-20-36(31)47(41(39)46)42-43-25-33-30-16-7-11-21-38(30)48-40(33)44-42/h1-25H. The van der Waals surface area contributed by atoms with Gasteiger partial charge in [0.05, 0.1) is 22.1 Å². The predicted molar refractivity (Wildman–Crippen MR) is 200 cm³/mol. The Morgan fingerprint density at radius 2 is 1.04 bits per heavy atom. The molecule has 11 rings (SSSR count). The van der Waals surface area contributed by atoms with E-state index in [1.54, 1.807) is 11.3 Å². The van der Waals surface area contributed by atoms with E-state index in [9.17, 15) is 0 Å². The van der Waals surface area contributed by atoms with E-state index in [1.807, 2.05) is 6.20 Å². The Hall–Kier alpha value is -6.24. The second-order valence-corrected chi connectivity index (χ2v) is 13.3. The monoisotopic (exact) mass is 631 g/mol. The lowest BCUT2D eigenvalue weighted by Crippen LogP contribution is -2.05. The highest BCUT2D eigenvalue weighted by atomic mass is 32.1. The van der Waals surface area contributed by atoms with E-state index in [2.05, 4.69) is 159 Å². The Morgan fingerprint density at radius 1 is 0.438 bits per heavy atom. The third-order valence-corrected chi connectivity index (χ3v) is 10.8. The van der Waals surface area contributed by atoms with Crippen LogP contribution >= 0.6 is 11.3 Å². The molecule has 5 heterocycles. The quantitative estimate of drug-likeness (QED) is 0.195. The first-order valence-electron chi connectivity index (χ1n) is 16.1. The fourth-order valence-corrected chi connectivity index (χ4v) is 8.77. The third-order valence-electron chi connectivity index (χ3n) is 9.73. The average molecular weight is 632 g/mol. The molecule has 0 aliphatic carbocycles. The molecule has 0 amide bonds. The van der Waals surface area contributed by atoms with Gasteiger partial charge in [0, 0.05) is 60.0 Å². The van der Waals surface area contributed by atoms with Gasteiger partial charge in [-0.25, -0.2) is 9.97 Å². The van der Waals surface area contributed by atoms with Crippen LogP contribution in [0.3, 0.4) is 0 Å². The van der Waals surface area contributed by atoms with Gasteiger partial charge in [-0.3, -0.25) is 9.13 Å². The van der Waals surface area contributed by atoms with Gasteiger partial charge in [0.2, 0.25) is 5.95 Å². The summed E-state index contributed by atoms with van der Waals surface area (Å²) >= 11 is 1.72. The maximum Gasteiger partial charge on any atom is 0.237 e.